The lowest BCUT2D eigenvalue weighted by Gasteiger charge is -2.08. The second kappa shape index (κ2) is 4.35. The third kappa shape index (κ3) is 2.40. The van der Waals surface area contributed by atoms with Gasteiger partial charge in [0.1, 0.15) is 11.8 Å². The Bertz CT molecular complexity index is 513. The number of hydrogen-bond acceptors (Lipinski definition) is 3. The molecule has 0 aliphatic carbocycles. The van der Waals surface area contributed by atoms with Crippen molar-refractivity contribution in [2.45, 2.75) is 6.18 Å². The van der Waals surface area contributed by atoms with E-state index in [2.05, 4.69) is 4.99 Å². The van der Waals surface area contributed by atoms with Gasteiger partial charge in [-0.15, -0.1) is 0 Å². The van der Waals surface area contributed by atoms with E-state index in [0.29, 0.717) is 12.1 Å². The fraction of sp³-hybridized carbons (Fsp3) is 0.111. The van der Waals surface area contributed by atoms with Crippen LogP contribution in [0, 0.1) is 11.3 Å². The normalized spacial score (nSPS) is 10.4. The van der Waals surface area contributed by atoms with E-state index >= 15 is 0 Å². The number of nitrogens with zero attached hydrogens (tertiary/aromatic N) is 2. The molecule has 0 heterocycles. The van der Waals surface area contributed by atoms with Crippen LogP contribution in [-0.4, -0.2) is 6.08 Å². The lowest BCUT2D eigenvalue weighted by Crippen LogP contribution is -2.05. The van der Waals surface area contributed by atoms with Crippen LogP contribution < -0.4 is 0 Å². The van der Waals surface area contributed by atoms with Gasteiger partial charge in [0.15, 0.2) is 0 Å². The molecule has 0 fully saturated rings. The molecule has 0 aromatic heterocycles. The summed E-state index contributed by atoms with van der Waals surface area (Å²) in [5.74, 6) is 0. The summed E-state index contributed by atoms with van der Waals surface area (Å²) in [5.41, 5.74) is -1.81. The Morgan fingerprint density at radius 1 is 1.38 bits per heavy atom. The van der Waals surface area contributed by atoms with Crippen LogP contribution in [0.2, 0.25) is 5.02 Å². The van der Waals surface area contributed by atoms with Gasteiger partial charge in [0.2, 0.25) is 6.08 Å². The van der Waals surface area contributed by atoms with Crippen LogP contribution >= 0.6 is 11.6 Å². The summed E-state index contributed by atoms with van der Waals surface area (Å²) in [4.78, 5) is 13.1. The summed E-state index contributed by atoms with van der Waals surface area (Å²) in [6.07, 6.45) is -3.50. The van der Waals surface area contributed by atoms with Gasteiger partial charge in [-0.1, -0.05) is 11.6 Å². The number of rotatable bonds is 1. The van der Waals surface area contributed by atoms with E-state index in [1.54, 1.807) is 0 Å². The lowest BCUT2D eigenvalue weighted by atomic mass is 10.1. The summed E-state index contributed by atoms with van der Waals surface area (Å²) in [6.45, 7) is 0. The molecule has 0 radical (unpaired) electrons. The zero-order chi connectivity index (χ0) is 12.3. The minimum atomic E-state index is -4.61. The molecule has 82 valence electrons. The van der Waals surface area contributed by atoms with Gasteiger partial charge in [-0.25, -0.2) is 4.79 Å². The molecule has 0 saturated carbocycles. The predicted octanol–water partition coefficient (Wildman–Crippen LogP) is 3.20. The maximum atomic E-state index is 12.3. The second-order valence-corrected chi connectivity index (χ2v) is 3.07. The first-order valence-corrected chi connectivity index (χ1v) is 4.16. The van der Waals surface area contributed by atoms with Crippen molar-refractivity contribution in [1.29, 1.82) is 5.26 Å². The summed E-state index contributed by atoms with van der Waals surface area (Å²) >= 11 is 5.47. The minimum absolute atomic E-state index is 0.313. The van der Waals surface area contributed by atoms with Crippen molar-refractivity contribution >= 4 is 23.4 Å². The summed E-state index contributed by atoms with van der Waals surface area (Å²) in [6, 6.07) is 2.64. The van der Waals surface area contributed by atoms with Crippen molar-refractivity contribution in [3.8, 4) is 6.07 Å². The molecular weight excluding hydrogens is 245 g/mol. The second-order valence-electron chi connectivity index (χ2n) is 2.67. The maximum Gasteiger partial charge on any atom is 0.416 e. The van der Waals surface area contributed by atoms with E-state index in [1.165, 1.54) is 6.07 Å². The largest absolute Gasteiger partial charge is 0.416 e. The number of isocyanates is 1. The third-order valence-electron chi connectivity index (χ3n) is 1.67. The Balaban J connectivity index is 3.51. The molecule has 1 rings (SSSR count). The predicted molar refractivity (Wildman–Crippen MR) is 49.0 cm³/mol. The molecule has 0 aliphatic heterocycles. The van der Waals surface area contributed by atoms with E-state index in [1.807, 2.05) is 0 Å². The van der Waals surface area contributed by atoms with Gasteiger partial charge < -0.3 is 0 Å². The number of carbonyl (C=O) groups excluding carboxylic acids is 1. The average molecular weight is 247 g/mol. The molecule has 7 heteroatoms. The topological polar surface area (TPSA) is 53.2 Å². The van der Waals surface area contributed by atoms with Gasteiger partial charge in [-0.05, 0) is 12.1 Å². The van der Waals surface area contributed by atoms with Gasteiger partial charge in [0, 0.05) is 0 Å². The number of aliphatic imine (C=N–C) groups is 1. The lowest BCUT2D eigenvalue weighted by molar-refractivity contribution is -0.137. The number of benzene rings is 1. The van der Waals surface area contributed by atoms with Crippen LogP contribution in [-0.2, 0) is 11.0 Å². The Kier molecular flexibility index (Phi) is 3.33. The van der Waals surface area contributed by atoms with Crippen molar-refractivity contribution in [1.82, 2.24) is 0 Å². The Morgan fingerprint density at radius 2 is 2.00 bits per heavy atom. The number of alkyl halides is 3. The van der Waals surface area contributed by atoms with Crippen molar-refractivity contribution in [3.63, 3.8) is 0 Å². The van der Waals surface area contributed by atoms with Gasteiger partial charge >= 0.3 is 6.18 Å². The van der Waals surface area contributed by atoms with Gasteiger partial charge in [-0.2, -0.15) is 23.4 Å². The van der Waals surface area contributed by atoms with E-state index in [4.69, 9.17) is 16.9 Å². The average Bonchev–Trinajstić information content (AvgIpc) is 2.19. The zero-order valence-electron chi connectivity index (χ0n) is 7.47. The maximum absolute atomic E-state index is 12.3. The molecule has 16 heavy (non-hydrogen) atoms. The van der Waals surface area contributed by atoms with E-state index in [-0.39, 0.29) is 5.69 Å². The molecule has 0 aliphatic rings. The highest BCUT2D eigenvalue weighted by molar-refractivity contribution is 6.33. The highest BCUT2D eigenvalue weighted by atomic mass is 35.5. The number of hydrogen-bond donors (Lipinski definition) is 0. The summed E-state index contributed by atoms with van der Waals surface area (Å²) in [5, 5.41) is 8.17. The molecule has 0 unspecified atom stereocenters. The molecule has 0 atom stereocenters. The smallest absolute Gasteiger partial charge is 0.211 e. The monoisotopic (exact) mass is 246 g/mol. The fourth-order valence-corrected chi connectivity index (χ4v) is 1.27. The molecular formula is C9H2ClF3N2O. The van der Waals surface area contributed by atoms with Crippen LogP contribution in [0.1, 0.15) is 11.1 Å². The van der Waals surface area contributed by atoms with E-state index in [0.717, 1.165) is 6.08 Å². The molecule has 1 aromatic carbocycles. The Morgan fingerprint density at radius 3 is 2.44 bits per heavy atom. The van der Waals surface area contributed by atoms with Crippen LogP contribution in [0.15, 0.2) is 17.1 Å². The molecule has 3 nitrogen and oxygen atoms in total. The SMILES string of the molecule is N#Cc1cc(C(F)(F)F)cc(Cl)c1N=C=O. The fourth-order valence-electron chi connectivity index (χ4n) is 1.01. The molecule has 0 bridgehead atoms. The van der Waals surface area contributed by atoms with Crippen molar-refractivity contribution in [2.24, 2.45) is 4.99 Å². The van der Waals surface area contributed by atoms with Crippen LogP contribution in [0.3, 0.4) is 0 Å². The van der Waals surface area contributed by atoms with Crippen molar-refractivity contribution in [3.05, 3.63) is 28.3 Å². The Hall–Kier alpha value is -1.83. The molecule has 0 spiro atoms. The van der Waals surface area contributed by atoms with Crippen LogP contribution in [0.25, 0.3) is 0 Å². The Labute approximate surface area is 92.8 Å². The van der Waals surface area contributed by atoms with Crippen molar-refractivity contribution in [2.75, 3.05) is 0 Å². The number of halogens is 4. The molecule has 0 N–H and O–H groups in total. The molecule has 0 amide bonds. The van der Waals surface area contributed by atoms with Gasteiger partial charge in [-0.3, -0.25) is 0 Å². The van der Waals surface area contributed by atoms with Crippen molar-refractivity contribution < 1.29 is 18.0 Å². The number of nitriles is 1. The third-order valence-corrected chi connectivity index (χ3v) is 1.96. The summed E-state index contributed by atoms with van der Waals surface area (Å²) < 4.78 is 37.0. The highest BCUT2D eigenvalue weighted by Gasteiger charge is 2.32. The molecule has 1 aromatic rings. The first kappa shape index (κ1) is 12.2. The van der Waals surface area contributed by atoms with E-state index in [9.17, 15) is 18.0 Å². The standard InChI is InChI=1S/C9H2ClF3N2O/c10-7-2-6(9(11,12)13)1-5(3-14)8(7)15-4-16/h1-2H. The van der Waals surface area contributed by atoms with Crippen LogP contribution in [0.5, 0.6) is 0 Å². The minimum Gasteiger partial charge on any atom is -0.211 e. The zero-order valence-corrected chi connectivity index (χ0v) is 8.23. The first-order valence-electron chi connectivity index (χ1n) is 3.79. The quantitative estimate of drug-likeness (QED) is 0.564. The van der Waals surface area contributed by atoms with E-state index < -0.39 is 22.3 Å². The first-order chi connectivity index (χ1) is 7.40. The molecule has 0 saturated heterocycles. The van der Waals surface area contributed by atoms with Gasteiger partial charge in [0.25, 0.3) is 0 Å². The highest BCUT2D eigenvalue weighted by Crippen LogP contribution is 2.37. The summed E-state index contributed by atoms with van der Waals surface area (Å²) in [7, 11) is 0. The van der Waals surface area contributed by atoms with Crippen LogP contribution in [0.4, 0.5) is 18.9 Å². The van der Waals surface area contributed by atoms with Gasteiger partial charge in [0.05, 0.1) is 16.1 Å².